The van der Waals surface area contributed by atoms with Gasteiger partial charge in [-0.15, -0.1) is 0 Å². The second kappa shape index (κ2) is 5.41. The van der Waals surface area contributed by atoms with Crippen molar-refractivity contribution in [3.05, 3.63) is 23.4 Å². The van der Waals surface area contributed by atoms with Crippen molar-refractivity contribution in [1.29, 1.82) is 0 Å². The van der Waals surface area contributed by atoms with E-state index in [1.165, 1.54) is 5.57 Å². The minimum Gasteiger partial charge on any atom is -0.393 e. The number of nitrogens with zero attached hydrogens (tertiary/aromatic N) is 2. The van der Waals surface area contributed by atoms with Crippen LogP contribution < -0.4 is 0 Å². The number of aliphatic hydroxyl groups excluding tert-OH is 1. The van der Waals surface area contributed by atoms with Gasteiger partial charge in [0.05, 0.1) is 6.10 Å². The van der Waals surface area contributed by atoms with Crippen LogP contribution in [0.3, 0.4) is 0 Å². The van der Waals surface area contributed by atoms with Crippen molar-refractivity contribution in [1.82, 2.24) is 4.90 Å². The van der Waals surface area contributed by atoms with Crippen LogP contribution in [0.5, 0.6) is 0 Å². The van der Waals surface area contributed by atoms with Crippen molar-refractivity contribution >= 4 is 6.21 Å². The summed E-state index contributed by atoms with van der Waals surface area (Å²) < 4.78 is 0. The highest BCUT2D eigenvalue weighted by Crippen LogP contribution is 2.13. The zero-order chi connectivity index (χ0) is 11.4. The standard InChI is InChI=1S/C13H20N2O/c1-11-3-2-4-12(9-14-11)10-15-7-5-13(16)6-8-15/h3-4,9,13,16H,2,5-8,10H2,1H3. The second-order valence-electron chi connectivity index (χ2n) is 4.63. The maximum Gasteiger partial charge on any atom is 0.0564 e. The smallest absolute Gasteiger partial charge is 0.0564 e. The number of aliphatic hydroxyl groups is 1. The van der Waals surface area contributed by atoms with Gasteiger partial charge in [0, 0.05) is 31.5 Å². The maximum atomic E-state index is 9.44. The summed E-state index contributed by atoms with van der Waals surface area (Å²) in [5.41, 5.74) is 2.39. The average Bonchev–Trinajstić information content (AvgIpc) is 2.47. The number of hydrogen-bond donors (Lipinski definition) is 1. The SMILES string of the molecule is CC1=CCC=C(CN2CCC(O)CC2)C=N1. The zero-order valence-electron chi connectivity index (χ0n) is 9.89. The summed E-state index contributed by atoms with van der Waals surface area (Å²) in [4.78, 5) is 6.77. The molecule has 1 N–H and O–H groups in total. The van der Waals surface area contributed by atoms with Gasteiger partial charge in [0.2, 0.25) is 0 Å². The van der Waals surface area contributed by atoms with Gasteiger partial charge in [-0.3, -0.25) is 9.89 Å². The van der Waals surface area contributed by atoms with Gasteiger partial charge in [-0.05, 0) is 31.8 Å². The van der Waals surface area contributed by atoms with Crippen LogP contribution in [0.15, 0.2) is 28.4 Å². The molecule has 0 aliphatic carbocycles. The molecule has 0 saturated carbocycles. The summed E-state index contributed by atoms with van der Waals surface area (Å²) in [5, 5.41) is 9.44. The fourth-order valence-corrected chi connectivity index (χ4v) is 2.11. The lowest BCUT2D eigenvalue weighted by atomic mass is 10.1. The predicted molar refractivity (Wildman–Crippen MR) is 66.6 cm³/mol. The molecular weight excluding hydrogens is 200 g/mol. The Kier molecular flexibility index (Phi) is 3.91. The van der Waals surface area contributed by atoms with Crippen LogP contribution in [0.1, 0.15) is 26.2 Å². The first-order valence-corrected chi connectivity index (χ1v) is 6.04. The summed E-state index contributed by atoms with van der Waals surface area (Å²) in [5.74, 6) is 0. The van der Waals surface area contributed by atoms with Gasteiger partial charge in [-0.2, -0.15) is 0 Å². The second-order valence-corrected chi connectivity index (χ2v) is 4.63. The number of allylic oxidation sites excluding steroid dienone is 3. The number of aliphatic imine (C=N–C) groups is 1. The van der Waals surface area contributed by atoms with Gasteiger partial charge in [0.25, 0.3) is 0 Å². The van der Waals surface area contributed by atoms with Gasteiger partial charge < -0.3 is 5.11 Å². The van der Waals surface area contributed by atoms with Crippen LogP contribution in [-0.4, -0.2) is 42.0 Å². The van der Waals surface area contributed by atoms with Gasteiger partial charge in [-0.25, -0.2) is 0 Å². The number of hydrogen-bond acceptors (Lipinski definition) is 3. The molecule has 16 heavy (non-hydrogen) atoms. The highest BCUT2D eigenvalue weighted by Gasteiger charge is 2.17. The molecule has 3 heteroatoms. The molecule has 1 saturated heterocycles. The van der Waals surface area contributed by atoms with E-state index in [9.17, 15) is 5.11 Å². The first kappa shape index (κ1) is 11.6. The molecule has 0 atom stereocenters. The highest BCUT2D eigenvalue weighted by molar-refractivity contribution is 5.80. The monoisotopic (exact) mass is 220 g/mol. The Labute approximate surface area is 97.2 Å². The topological polar surface area (TPSA) is 35.8 Å². The third-order valence-corrected chi connectivity index (χ3v) is 3.19. The molecule has 0 unspecified atom stereocenters. The third-order valence-electron chi connectivity index (χ3n) is 3.19. The fourth-order valence-electron chi connectivity index (χ4n) is 2.11. The van der Waals surface area contributed by atoms with Crippen molar-refractivity contribution in [3.8, 4) is 0 Å². The molecule has 2 aliphatic rings. The van der Waals surface area contributed by atoms with Crippen LogP contribution >= 0.6 is 0 Å². The molecule has 2 heterocycles. The number of piperidine rings is 1. The van der Waals surface area contributed by atoms with Crippen molar-refractivity contribution < 1.29 is 5.11 Å². The summed E-state index contributed by atoms with van der Waals surface area (Å²) in [7, 11) is 0. The molecule has 2 aliphatic heterocycles. The molecule has 0 bridgehead atoms. The van der Waals surface area contributed by atoms with E-state index in [-0.39, 0.29) is 6.10 Å². The lowest BCUT2D eigenvalue weighted by molar-refractivity contribution is 0.0875. The van der Waals surface area contributed by atoms with Crippen molar-refractivity contribution in [2.75, 3.05) is 19.6 Å². The molecule has 0 radical (unpaired) electrons. The van der Waals surface area contributed by atoms with Gasteiger partial charge >= 0.3 is 0 Å². The Hall–Kier alpha value is -0.930. The van der Waals surface area contributed by atoms with E-state index >= 15 is 0 Å². The molecule has 0 amide bonds. The van der Waals surface area contributed by atoms with E-state index in [0.29, 0.717) is 0 Å². The molecule has 0 aromatic carbocycles. The molecule has 1 fully saturated rings. The van der Waals surface area contributed by atoms with E-state index in [1.807, 2.05) is 13.1 Å². The minimum absolute atomic E-state index is 0.0862. The van der Waals surface area contributed by atoms with E-state index in [2.05, 4.69) is 22.0 Å². The molecule has 0 spiro atoms. The lowest BCUT2D eigenvalue weighted by Crippen LogP contribution is -2.37. The Morgan fingerprint density at radius 3 is 2.88 bits per heavy atom. The predicted octanol–water partition coefficient (Wildman–Crippen LogP) is 1.75. The zero-order valence-corrected chi connectivity index (χ0v) is 9.89. The van der Waals surface area contributed by atoms with E-state index in [4.69, 9.17) is 0 Å². The quantitative estimate of drug-likeness (QED) is 0.769. The van der Waals surface area contributed by atoms with Crippen LogP contribution in [0, 0.1) is 0 Å². The van der Waals surface area contributed by atoms with Crippen LogP contribution in [0.25, 0.3) is 0 Å². The van der Waals surface area contributed by atoms with E-state index < -0.39 is 0 Å². The summed E-state index contributed by atoms with van der Waals surface area (Å²) >= 11 is 0. The largest absolute Gasteiger partial charge is 0.393 e. The Morgan fingerprint density at radius 2 is 2.12 bits per heavy atom. The summed E-state index contributed by atoms with van der Waals surface area (Å²) in [6.07, 6.45) is 9.07. The molecular formula is C13H20N2O. The third kappa shape index (κ3) is 3.29. The molecule has 0 aromatic rings. The lowest BCUT2D eigenvalue weighted by Gasteiger charge is -2.29. The number of rotatable bonds is 2. The summed E-state index contributed by atoms with van der Waals surface area (Å²) in [6.45, 7) is 5.00. The molecule has 88 valence electrons. The number of likely N-dealkylation sites (tertiary alicyclic amines) is 1. The minimum atomic E-state index is -0.0862. The fraction of sp³-hybridized carbons (Fsp3) is 0.615. The molecule has 0 aromatic heterocycles. The van der Waals surface area contributed by atoms with Gasteiger partial charge in [0.1, 0.15) is 0 Å². The normalized spacial score (nSPS) is 23.9. The Balaban J connectivity index is 1.86. The highest BCUT2D eigenvalue weighted by atomic mass is 16.3. The molecule has 2 rings (SSSR count). The van der Waals surface area contributed by atoms with Gasteiger partial charge in [0.15, 0.2) is 0 Å². The van der Waals surface area contributed by atoms with E-state index in [0.717, 1.165) is 44.6 Å². The van der Waals surface area contributed by atoms with Crippen LogP contribution in [0.4, 0.5) is 0 Å². The molecule has 3 nitrogen and oxygen atoms in total. The van der Waals surface area contributed by atoms with Crippen molar-refractivity contribution in [2.45, 2.75) is 32.3 Å². The van der Waals surface area contributed by atoms with Crippen LogP contribution in [-0.2, 0) is 0 Å². The summed E-state index contributed by atoms with van der Waals surface area (Å²) in [6, 6.07) is 0. The first-order chi connectivity index (χ1) is 7.74. The Morgan fingerprint density at radius 1 is 1.38 bits per heavy atom. The van der Waals surface area contributed by atoms with E-state index in [1.54, 1.807) is 0 Å². The first-order valence-electron chi connectivity index (χ1n) is 6.04. The average molecular weight is 220 g/mol. The van der Waals surface area contributed by atoms with Gasteiger partial charge in [-0.1, -0.05) is 12.2 Å². The van der Waals surface area contributed by atoms with Crippen molar-refractivity contribution in [2.24, 2.45) is 4.99 Å². The van der Waals surface area contributed by atoms with Crippen molar-refractivity contribution in [3.63, 3.8) is 0 Å². The maximum absolute atomic E-state index is 9.44. The Bertz CT molecular complexity index is 323. The van der Waals surface area contributed by atoms with Crippen LogP contribution in [0.2, 0.25) is 0 Å².